The van der Waals surface area contributed by atoms with E-state index in [4.69, 9.17) is 5.11 Å². The third-order valence-electron chi connectivity index (χ3n) is 5.09. The van der Waals surface area contributed by atoms with Gasteiger partial charge in [-0.25, -0.2) is 0 Å². The molecule has 2 saturated heterocycles. The first-order chi connectivity index (χ1) is 10.2. The minimum Gasteiger partial charge on any atom is -0.394 e. The number of fused-ring (bicyclic) bond motifs is 1. The van der Waals surface area contributed by atoms with E-state index in [0.29, 0.717) is 13.1 Å². The Hall–Kier alpha value is -1.14. The number of carbonyl (C=O) groups is 2. The van der Waals surface area contributed by atoms with Crippen LogP contribution in [0.2, 0.25) is 0 Å². The molecule has 0 radical (unpaired) electrons. The Morgan fingerprint density at radius 1 is 1.14 bits per heavy atom. The standard InChI is InChI=1S/C15H25N3O3/c19-10-12-15(21)18-7-6-17(9-13(18)14(20)16-12)8-11-4-2-1-3-5-11/h11-13,19H,1-10H2,(H,16,20)/t12-,13+/m0/s1. The zero-order valence-corrected chi connectivity index (χ0v) is 12.5. The quantitative estimate of drug-likeness (QED) is 0.741. The van der Waals surface area contributed by atoms with Gasteiger partial charge in [-0.2, -0.15) is 0 Å². The number of hydrogen-bond donors (Lipinski definition) is 2. The van der Waals surface area contributed by atoms with E-state index in [1.54, 1.807) is 4.90 Å². The van der Waals surface area contributed by atoms with Crippen molar-refractivity contribution in [2.45, 2.75) is 44.2 Å². The molecule has 2 atom stereocenters. The summed E-state index contributed by atoms with van der Waals surface area (Å²) in [5.74, 6) is 0.485. The lowest BCUT2D eigenvalue weighted by Gasteiger charge is -2.45. The Labute approximate surface area is 125 Å². The van der Waals surface area contributed by atoms with Gasteiger partial charge in [-0.15, -0.1) is 0 Å². The third-order valence-corrected chi connectivity index (χ3v) is 5.09. The number of amides is 2. The van der Waals surface area contributed by atoms with Crippen molar-refractivity contribution in [3.05, 3.63) is 0 Å². The number of nitrogens with one attached hydrogen (secondary N) is 1. The predicted molar refractivity (Wildman–Crippen MR) is 77.5 cm³/mol. The first-order valence-electron chi connectivity index (χ1n) is 8.13. The molecule has 0 aromatic heterocycles. The summed E-state index contributed by atoms with van der Waals surface area (Å²) in [6.45, 7) is 2.80. The summed E-state index contributed by atoms with van der Waals surface area (Å²) in [7, 11) is 0. The maximum absolute atomic E-state index is 12.2. The molecular weight excluding hydrogens is 270 g/mol. The molecule has 21 heavy (non-hydrogen) atoms. The Balaban J connectivity index is 1.59. The number of nitrogens with zero attached hydrogens (tertiary/aromatic N) is 2. The van der Waals surface area contributed by atoms with E-state index >= 15 is 0 Å². The van der Waals surface area contributed by atoms with Crippen molar-refractivity contribution < 1.29 is 14.7 Å². The molecule has 2 aliphatic heterocycles. The lowest BCUT2D eigenvalue weighted by molar-refractivity contribution is -0.154. The molecule has 0 aromatic rings. The lowest BCUT2D eigenvalue weighted by Crippen LogP contribution is -2.70. The average Bonchev–Trinajstić information content (AvgIpc) is 2.52. The van der Waals surface area contributed by atoms with Gasteiger partial charge in [-0.1, -0.05) is 19.3 Å². The topological polar surface area (TPSA) is 72.9 Å². The molecule has 6 heteroatoms. The van der Waals surface area contributed by atoms with Crippen molar-refractivity contribution in [1.82, 2.24) is 15.1 Å². The third kappa shape index (κ3) is 3.06. The molecule has 3 fully saturated rings. The minimum absolute atomic E-state index is 0.123. The molecule has 0 spiro atoms. The largest absolute Gasteiger partial charge is 0.394 e. The van der Waals surface area contributed by atoms with Crippen LogP contribution in [-0.2, 0) is 9.59 Å². The highest BCUT2D eigenvalue weighted by Crippen LogP contribution is 2.25. The second-order valence-corrected chi connectivity index (χ2v) is 6.55. The van der Waals surface area contributed by atoms with Crippen LogP contribution in [0.15, 0.2) is 0 Å². The second kappa shape index (κ2) is 6.32. The van der Waals surface area contributed by atoms with Gasteiger partial charge in [0, 0.05) is 26.2 Å². The summed E-state index contributed by atoms with van der Waals surface area (Å²) in [5, 5.41) is 11.8. The summed E-state index contributed by atoms with van der Waals surface area (Å²) in [5.41, 5.74) is 0. The van der Waals surface area contributed by atoms with Crippen LogP contribution < -0.4 is 5.32 Å². The average molecular weight is 295 g/mol. The number of aliphatic hydroxyl groups excluding tert-OH is 1. The Kier molecular flexibility index (Phi) is 4.45. The summed E-state index contributed by atoms with van der Waals surface area (Å²) < 4.78 is 0. The summed E-state index contributed by atoms with van der Waals surface area (Å²) >= 11 is 0. The van der Waals surface area contributed by atoms with E-state index in [0.717, 1.165) is 19.0 Å². The van der Waals surface area contributed by atoms with Gasteiger partial charge in [0.1, 0.15) is 12.1 Å². The van der Waals surface area contributed by atoms with Gasteiger partial charge >= 0.3 is 0 Å². The SMILES string of the molecule is O=C1N[C@@H](CO)C(=O)N2CCN(CC3CCCCC3)C[C@H]12. The van der Waals surface area contributed by atoms with Crippen molar-refractivity contribution in [3.8, 4) is 0 Å². The highest BCUT2D eigenvalue weighted by molar-refractivity contribution is 5.97. The highest BCUT2D eigenvalue weighted by atomic mass is 16.3. The molecule has 2 heterocycles. The molecule has 1 aliphatic carbocycles. The highest BCUT2D eigenvalue weighted by Gasteiger charge is 2.43. The van der Waals surface area contributed by atoms with Crippen molar-refractivity contribution in [1.29, 1.82) is 0 Å². The minimum atomic E-state index is -0.751. The van der Waals surface area contributed by atoms with Gasteiger partial charge in [0.25, 0.3) is 0 Å². The fourth-order valence-corrected chi connectivity index (χ4v) is 3.88. The van der Waals surface area contributed by atoms with Crippen molar-refractivity contribution in [3.63, 3.8) is 0 Å². The van der Waals surface area contributed by atoms with Crippen LogP contribution in [0, 0.1) is 5.92 Å². The van der Waals surface area contributed by atoms with Gasteiger partial charge in [-0.05, 0) is 18.8 Å². The Morgan fingerprint density at radius 2 is 1.90 bits per heavy atom. The summed E-state index contributed by atoms with van der Waals surface area (Å²) in [4.78, 5) is 28.3. The van der Waals surface area contributed by atoms with Gasteiger partial charge in [0.15, 0.2) is 0 Å². The molecule has 0 bridgehead atoms. The monoisotopic (exact) mass is 295 g/mol. The number of carbonyl (C=O) groups excluding carboxylic acids is 2. The lowest BCUT2D eigenvalue weighted by atomic mass is 9.88. The summed E-state index contributed by atoms with van der Waals surface area (Å²) in [6.07, 6.45) is 6.59. The smallest absolute Gasteiger partial charge is 0.248 e. The molecule has 3 aliphatic rings. The fraction of sp³-hybridized carbons (Fsp3) is 0.867. The molecule has 6 nitrogen and oxygen atoms in total. The van der Waals surface area contributed by atoms with Crippen molar-refractivity contribution in [2.24, 2.45) is 5.92 Å². The Morgan fingerprint density at radius 3 is 2.62 bits per heavy atom. The van der Waals surface area contributed by atoms with E-state index in [1.165, 1.54) is 32.1 Å². The molecule has 118 valence electrons. The molecule has 0 aromatic carbocycles. The van der Waals surface area contributed by atoms with E-state index < -0.39 is 6.04 Å². The van der Waals surface area contributed by atoms with Gasteiger partial charge in [0.05, 0.1) is 6.61 Å². The van der Waals surface area contributed by atoms with Gasteiger partial charge in [0.2, 0.25) is 11.8 Å². The van der Waals surface area contributed by atoms with Crippen LogP contribution >= 0.6 is 0 Å². The Bertz CT molecular complexity index is 409. The molecule has 2 amide bonds. The molecule has 1 saturated carbocycles. The number of aliphatic hydroxyl groups is 1. The second-order valence-electron chi connectivity index (χ2n) is 6.55. The van der Waals surface area contributed by atoms with Gasteiger partial charge < -0.3 is 15.3 Å². The zero-order valence-electron chi connectivity index (χ0n) is 12.5. The first kappa shape index (κ1) is 14.8. The first-order valence-corrected chi connectivity index (χ1v) is 8.13. The van der Waals surface area contributed by atoms with E-state index in [9.17, 15) is 9.59 Å². The van der Waals surface area contributed by atoms with Crippen LogP contribution in [0.4, 0.5) is 0 Å². The van der Waals surface area contributed by atoms with Crippen LogP contribution in [0.5, 0.6) is 0 Å². The molecular formula is C15H25N3O3. The summed E-state index contributed by atoms with van der Waals surface area (Å²) in [6, 6.07) is -1.13. The zero-order chi connectivity index (χ0) is 14.8. The number of hydrogen-bond acceptors (Lipinski definition) is 4. The van der Waals surface area contributed by atoms with E-state index in [2.05, 4.69) is 10.2 Å². The van der Waals surface area contributed by atoms with E-state index in [1.807, 2.05) is 0 Å². The van der Waals surface area contributed by atoms with Crippen LogP contribution in [0.1, 0.15) is 32.1 Å². The van der Waals surface area contributed by atoms with Crippen LogP contribution in [0.25, 0.3) is 0 Å². The van der Waals surface area contributed by atoms with Gasteiger partial charge in [-0.3, -0.25) is 14.5 Å². The molecule has 2 N–H and O–H groups in total. The normalized spacial score (nSPS) is 32.0. The van der Waals surface area contributed by atoms with E-state index in [-0.39, 0.29) is 24.5 Å². The molecule has 0 unspecified atom stereocenters. The predicted octanol–water partition coefficient (Wildman–Crippen LogP) is -0.430. The van der Waals surface area contributed by atoms with Crippen LogP contribution in [-0.4, -0.2) is 71.6 Å². The maximum Gasteiger partial charge on any atom is 0.248 e. The maximum atomic E-state index is 12.2. The van der Waals surface area contributed by atoms with Crippen molar-refractivity contribution >= 4 is 11.8 Å². The number of rotatable bonds is 3. The fourth-order valence-electron chi connectivity index (χ4n) is 3.88. The number of piperazine rings is 2. The molecule has 3 rings (SSSR count). The van der Waals surface area contributed by atoms with Crippen LogP contribution in [0.3, 0.4) is 0 Å². The van der Waals surface area contributed by atoms with Crippen molar-refractivity contribution in [2.75, 3.05) is 32.8 Å².